The van der Waals surface area contributed by atoms with E-state index in [1.165, 1.54) is 23.9 Å². The fourth-order valence-electron chi connectivity index (χ4n) is 3.68. The molecule has 2 aliphatic rings. The van der Waals surface area contributed by atoms with Gasteiger partial charge in [-0.2, -0.15) is 0 Å². The minimum atomic E-state index is -3.18. The molecule has 0 bridgehead atoms. The molecular weight excluding hydrogens is 451 g/mol. The number of hydrogen-bond acceptors (Lipinski definition) is 7. The summed E-state index contributed by atoms with van der Waals surface area (Å²) in [5.41, 5.74) is 1.46. The number of ether oxygens (including phenoxy) is 2. The standard InChI is InChI=1S/C20H20ClFN2O4S2/c1-27-14-5-6-19(28-2)17(8-14)24-18-11-30(25,26)10-16(18)23-20(24)29-9-12-3-4-13(22)7-15(12)21/h3-8,16,18H,9-11H2,1-2H3/t16-,18+/m0/s1. The van der Waals surface area contributed by atoms with Gasteiger partial charge in [0.1, 0.15) is 17.3 Å². The normalized spacial score (nSPS) is 22.0. The minimum absolute atomic E-state index is 0.0157. The minimum Gasteiger partial charge on any atom is -0.497 e. The maximum atomic E-state index is 13.3. The van der Waals surface area contributed by atoms with Gasteiger partial charge in [0, 0.05) is 16.8 Å². The van der Waals surface area contributed by atoms with E-state index >= 15 is 0 Å². The number of aliphatic imine (C=N–C) groups is 1. The van der Waals surface area contributed by atoms with Gasteiger partial charge in [0.05, 0.1) is 43.5 Å². The second-order valence-electron chi connectivity index (χ2n) is 7.06. The van der Waals surface area contributed by atoms with Crippen LogP contribution in [0.3, 0.4) is 0 Å². The molecule has 0 unspecified atom stereocenters. The lowest BCUT2D eigenvalue weighted by Crippen LogP contribution is -2.39. The van der Waals surface area contributed by atoms with Crippen molar-refractivity contribution in [2.45, 2.75) is 17.8 Å². The molecular formula is C20H20ClFN2O4S2. The lowest BCUT2D eigenvalue weighted by molar-refractivity contribution is 0.403. The zero-order chi connectivity index (χ0) is 21.5. The average molecular weight is 471 g/mol. The van der Waals surface area contributed by atoms with E-state index in [0.717, 1.165) is 5.56 Å². The smallest absolute Gasteiger partial charge is 0.164 e. The van der Waals surface area contributed by atoms with E-state index in [1.54, 1.807) is 32.4 Å². The molecule has 1 fully saturated rings. The highest BCUT2D eigenvalue weighted by molar-refractivity contribution is 8.13. The van der Waals surface area contributed by atoms with Crippen molar-refractivity contribution in [3.8, 4) is 11.5 Å². The number of rotatable bonds is 5. The zero-order valence-corrected chi connectivity index (χ0v) is 18.7. The molecule has 2 aliphatic heterocycles. The first-order valence-corrected chi connectivity index (χ1v) is 12.4. The van der Waals surface area contributed by atoms with E-state index in [1.807, 2.05) is 11.0 Å². The van der Waals surface area contributed by atoms with Crippen LogP contribution in [0.4, 0.5) is 10.1 Å². The van der Waals surface area contributed by atoms with Gasteiger partial charge in [-0.1, -0.05) is 29.4 Å². The van der Waals surface area contributed by atoms with Crippen molar-refractivity contribution < 1.29 is 22.3 Å². The van der Waals surface area contributed by atoms with Crippen molar-refractivity contribution in [1.82, 2.24) is 0 Å². The van der Waals surface area contributed by atoms with Crippen LogP contribution in [-0.2, 0) is 15.6 Å². The highest BCUT2D eigenvalue weighted by Gasteiger charge is 2.47. The van der Waals surface area contributed by atoms with Crippen molar-refractivity contribution in [2.24, 2.45) is 4.99 Å². The number of thioether (sulfide) groups is 1. The molecule has 30 heavy (non-hydrogen) atoms. The van der Waals surface area contributed by atoms with E-state index in [4.69, 9.17) is 26.1 Å². The van der Waals surface area contributed by atoms with Gasteiger partial charge in [0.2, 0.25) is 0 Å². The molecule has 2 heterocycles. The van der Waals surface area contributed by atoms with Crippen molar-refractivity contribution in [2.75, 3.05) is 30.6 Å². The molecule has 0 N–H and O–H groups in total. The molecule has 0 aromatic heterocycles. The largest absolute Gasteiger partial charge is 0.497 e. The molecule has 1 saturated heterocycles. The quantitative estimate of drug-likeness (QED) is 0.662. The Bertz CT molecular complexity index is 1110. The number of nitrogens with zero attached hydrogens (tertiary/aromatic N) is 2. The Morgan fingerprint density at radius 1 is 1.20 bits per heavy atom. The molecule has 2 aromatic carbocycles. The van der Waals surface area contributed by atoms with E-state index in [9.17, 15) is 12.8 Å². The van der Waals surface area contributed by atoms with Gasteiger partial charge in [-0.25, -0.2) is 12.8 Å². The van der Waals surface area contributed by atoms with Gasteiger partial charge in [-0.3, -0.25) is 4.99 Å². The molecule has 0 spiro atoms. The highest BCUT2D eigenvalue weighted by atomic mass is 35.5. The molecule has 2 aromatic rings. The number of halogens is 2. The third-order valence-electron chi connectivity index (χ3n) is 5.12. The summed E-state index contributed by atoms with van der Waals surface area (Å²) in [5, 5.41) is 1.02. The summed E-state index contributed by atoms with van der Waals surface area (Å²) in [7, 11) is -0.0464. The fraction of sp³-hybridized carbons (Fsp3) is 0.350. The van der Waals surface area contributed by atoms with Gasteiger partial charge in [-0.15, -0.1) is 0 Å². The first-order valence-electron chi connectivity index (χ1n) is 9.17. The maximum absolute atomic E-state index is 13.3. The van der Waals surface area contributed by atoms with Crippen LogP contribution < -0.4 is 14.4 Å². The number of benzene rings is 2. The average Bonchev–Trinajstić information content (AvgIpc) is 3.17. The highest BCUT2D eigenvalue weighted by Crippen LogP contribution is 2.41. The monoisotopic (exact) mass is 470 g/mol. The summed E-state index contributed by atoms with van der Waals surface area (Å²) < 4.78 is 48.7. The molecule has 0 aliphatic carbocycles. The lowest BCUT2D eigenvalue weighted by Gasteiger charge is -2.28. The summed E-state index contributed by atoms with van der Waals surface area (Å²) in [6, 6.07) is 8.99. The predicted molar refractivity (Wildman–Crippen MR) is 118 cm³/mol. The Morgan fingerprint density at radius 2 is 2.00 bits per heavy atom. The van der Waals surface area contributed by atoms with Gasteiger partial charge in [0.25, 0.3) is 0 Å². The number of sulfone groups is 1. The number of hydrogen-bond donors (Lipinski definition) is 0. The van der Waals surface area contributed by atoms with Gasteiger partial charge in [-0.05, 0) is 29.8 Å². The van der Waals surface area contributed by atoms with Gasteiger partial charge < -0.3 is 14.4 Å². The first-order chi connectivity index (χ1) is 14.3. The van der Waals surface area contributed by atoms with Crippen LogP contribution >= 0.6 is 23.4 Å². The van der Waals surface area contributed by atoms with E-state index in [0.29, 0.717) is 33.1 Å². The third-order valence-corrected chi connectivity index (χ3v) is 8.19. The Morgan fingerprint density at radius 3 is 2.70 bits per heavy atom. The number of anilines is 1. The van der Waals surface area contributed by atoms with Crippen LogP contribution in [0.2, 0.25) is 5.02 Å². The molecule has 0 amide bonds. The molecule has 10 heteroatoms. The first kappa shape index (κ1) is 21.3. The second kappa shape index (κ2) is 8.28. The Labute approximate surface area is 183 Å². The summed E-state index contributed by atoms with van der Waals surface area (Å²) in [4.78, 5) is 6.62. The second-order valence-corrected chi connectivity index (χ2v) is 10.6. The number of fused-ring (bicyclic) bond motifs is 1. The lowest BCUT2D eigenvalue weighted by atomic mass is 10.1. The third kappa shape index (κ3) is 4.10. The Balaban J connectivity index is 1.69. The molecule has 0 saturated carbocycles. The van der Waals surface area contributed by atoms with Crippen LogP contribution in [0.1, 0.15) is 5.56 Å². The van der Waals surface area contributed by atoms with Crippen LogP contribution in [0, 0.1) is 5.82 Å². The maximum Gasteiger partial charge on any atom is 0.164 e. The Hall–Kier alpha value is -1.97. The molecule has 4 rings (SSSR count). The van der Waals surface area contributed by atoms with Crippen molar-refractivity contribution in [3.05, 3.63) is 52.8 Å². The van der Waals surface area contributed by atoms with Crippen LogP contribution in [0.25, 0.3) is 0 Å². The van der Waals surface area contributed by atoms with E-state index in [-0.39, 0.29) is 23.6 Å². The molecule has 0 radical (unpaired) electrons. The molecule has 2 atom stereocenters. The summed E-state index contributed by atoms with van der Waals surface area (Å²) >= 11 is 7.59. The van der Waals surface area contributed by atoms with Crippen molar-refractivity contribution in [3.63, 3.8) is 0 Å². The number of amidine groups is 1. The summed E-state index contributed by atoms with van der Waals surface area (Å²) in [6.07, 6.45) is 0. The van der Waals surface area contributed by atoms with Crippen molar-refractivity contribution >= 4 is 44.1 Å². The summed E-state index contributed by atoms with van der Waals surface area (Å²) in [6.45, 7) is 0. The van der Waals surface area contributed by atoms with Crippen LogP contribution in [0.5, 0.6) is 11.5 Å². The van der Waals surface area contributed by atoms with E-state index in [2.05, 4.69) is 0 Å². The SMILES string of the molecule is COc1ccc(OC)c(N2C(SCc3ccc(F)cc3Cl)=N[C@H]3CS(=O)(=O)C[C@H]32)c1. The van der Waals surface area contributed by atoms with Crippen molar-refractivity contribution in [1.29, 1.82) is 0 Å². The predicted octanol–water partition coefficient (Wildman–Crippen LogP) is 3.77. The fourth-order valence-corrected chi connectivity index (χ4v) is 6.96. The molecule has 6 nitrogen and oxygen atoms in total. The van der Waals surface area contributed by atoms with Crippen LogP contribution in [0.15, 0.2) is 41.4 Å². The van der Waals surface area contributed by atoms with Crippen LogP contribution in [-0.4, -0.2) is 51.4 Å². The Kier molecular flexibility index (Phi) is 5.87. The summed E-state index contributed by atoms with van der Waals surface area (Å²) in [5.74, 6) is 1.32. The zero-order valence-electron chi connectivity index (χ0n) is 16.3. The molecule has 160 valence electrons. The van der Waals surface area contributed by atoms with Gasteiger partial charge in [0.15, 0.2) is 15.0 Å². The number of methoxy groups -OCH3 is 2. The van der Waals surface area contributed by atoms with E-state index < -0.39 is 15.7 Å². The van der Waals surface area contributed by atoms with Gasteiger partial charge >= 0.3 is 0 Å². The topological polar surface area (TPSA) is 68.2 Å².